The zero-order valence-electron chi connectivity index (χ0n) is 20.2. The minimum absolute atomic E-state index is 0.0584. The molecule has 0 unspecified atom stereocenters. The third kappa shape index (κ3) is 6.88. The number of carbonyl (C=O) groups excluding carboxylic acids is 3. The van der Waals surface area contributed by atoms with Crippen molar-refractivity contribution in [2.45, 2.75) is 45.6 Å². The first kappa shape index (κ1) is 27.0. The van der Waals surface area contributed by atoms with Crippen molar-refractivity contribution in [1.82, 2.24) is 10.0 Å². The summed E-state index contributed by atoms with van der Waals surface area (Å²) in [6.07, 6.45) is 0. The number of anilines is 1. The predicted molar refractivity (Wildman–Crippen MR) is 130 cm³/mol. The molecule has 10 heteroatoms. The number of carbonyl (C=O) groups is 3. The Morgan fingerprint density at radius 1 is 1.00 bits per heavy atom. The maximum absolute atomic E-state index is 12.9. The number of sulfonamides is 1. The molecule has 2 aromatic rings. The molecule has 3 N–H and O–H groups in total. The highest BCUT2D eigenvalue weighted by Crippen LogP contribution is 2.26. The molecule has 0 saturated carbocycles. The molecule has 0 aliphatic rings. The summed E-state index contributed by atoms with van der Waals surface area (Å²) in [6, 6.07) is 10.00. The standard InChI is InChI=1S/C24H31N3O6S/c1-15(2)27-34(31,32)20-13-16(11-12-19(20)33-6)22(29)26-18-10-8-7-9-17(18)23(30)25-14-21(28)24(3,4)5/h7-13,15,27H,14H2,1-6H3,(H,25,30)(H,26,29). The van der Waals surface area contributed by atoms with E-state index in [9.17, 15) is 22.8 Å². The van der Waals surface area contributed by atoms with Crippen molar-refractivity contribution < 1.29 is 27.5 Å². The Bertz CT molecular complexity index is 1180. The second-order valence-corrected chi connectivity index (χ2v) is 10.7. The monoisotopic (exact) mass is 489 g/mol. The number of methoxy groups -OCH3 is 1. The van der Waals surface area contributed by atoms with Gasteiger partial charge in [0.2, 0.25) is 10.0 Å². The van der Waals surface area contributed by atoms with Crippen LogP contribution in [0.5, 0.6) is 5.75 Å². The van der Waals surface area contributed by atoms with Crippen LogP contribution in [-0.4, -0.2) is 45.7 Å². The number of rotatable bonds is 9. The van der Waals surface area contributed by atoms with Gasteiger partial charge in [0.1, 0.15) is 10.6 Å². The van der Waals surface area contributed by atoms with Crippen LogP contribution < -0.4 is 20.1 Å². The lowest BCUT2D eigenvalue weighted by atomic mass is 9.91. The number of para-hydroxylation sites is 1. The first-order valence-electron chi connectivity index (χ1n) is 10.7. The molecule has 2 rings (SSSR count). The smallest absolute Gasteiger partial charge is 0.255 e. The van der Waals surface area contributed by atoms with E-state index in [0.717, 1.165) is 0 Å². The van der Waals surface area contributed by atoms with E-state index in [1.54, 1.807) is 52.8 Å². The molecule has 0 heterocycles. The maximum Gasteiger partial charge on any atom is 0.255 e. The molecule has 0 spiro atoms. The summed E-state index contributed by atoms with van der Waals surface area (Å²) in [5, 5.41) is 5.22. The number of amides is 2. The van der Waals surface area contributed by atoms with Crippen LogP contribution in [0.4, 0.5) is 5.69 Å². The number of ether oxygens (including phenoxy) is 1. The fourth-order valence-corrected chi connectivity index (χ4v) is 4.35. The number of Topliss-reactive ketones (excluding diaryl/α,β-unsaturated/α-hetero) is 1. The normalized spacial score (nSPS) is 11.7. The van der Waals surface area contributed by atoms with Gasteiger partial charge in [-0.05, 0) is 44.2 Å². The summed E-state index contributed by atoms with van der Waals surface area (Å²) in [4.78, 5) is 37.6. The SMILES string of the molecule is COc1ccc(C(=O)Nc2ccccc2C(=O)NCC(=O)C(C)(C)C)cc1S(=O)(=O)NC(C)C. The largest absolute Gasteiger partial charge is 0.495 e. The van der Waals surface area contributed by atoms with Gasteiger partial charge in [0.25, 0.3) is 11.8 Å². The van der Waals surface area contributed by atoms with Gasteiger partial charge in [-0.25, -0.2) is 13.1 Å². The summed E-state index contributed by atoms with van der Waals surface area (Å²) < 4.78 is 33.0. The lowest BCUT2D eigenvalue weighted by Gasteiger charge is -2.17. The van der Waals surface area contributed by atoms with Crippen molar-refractivity contribution in [3.05, 3.63) is 53.6 Å². The zero-order chi connectivity index (χ0) is 25.7. The van der Waals surface area contributed by atoms with Gasteiger partial charge in [0, 0.05) is 17.0 Å². The molecule has 0 radical (unpaired) electrons. The Morgan fingerprint density at radius 3 is 2.24 bits per heavy atom. The van der Waals surface area contributed by atoms with Gasteiger partial charge in [0.15, 0.2) is 5.78 Å². The van der Waals surface area contributed by atoms with Gasteiger partial charge in [-0.3, -0.25) is 14.4 Å². The lowest BCUT2D eigenvalue weighted by molar-refractivity contribution is -0.125. The summed E-state index contributed by atoms with van der Waals surface area (Å²) in [5.41, 5.74) is -0.158. The molecule has 0 saturated heterocycles. The van der Waals surface area contributed by atoms with Gasteiger partial charge in [-0.2, -0.15) is 0 Å². The van der Waals surface area contributed by atoms with Crippen LogP contribution >= 0.6 is 0 Å². The van der Waals surface area contributed by atoms with E-state index in [2.05, 4.69) is 15.4 Å². The summed E-state index contributed by atoms with van der Waals surface area (Å²) in [6.45, 7) is 8.49. The van der Waals surface area contributed by atoms with E-state index in [1.165, 1.54) is 31.4 Å². The topological polar surface area (TPSA) is 131 Å². The predicted octanol–water partition coefficient (Wildman–Crippen LogP) is 2.98. The Balaban J connectivity index is 2.29. The molecule has 2 amide bonds. The van der Waals surface area contributed by atoms with E-state index < -0.39 is 27.3 Å². The first-order chi connectivity index (χ1) is 15.8. The highest BCUT2D eigenvalue weighted by atomic mass is 32.2. The van der Waals surface area contributed by atoms with Crippen LogP contribution in [0.15, 0.2) is 47.4 Å². The van der Waals surface area contributed by atoms with E-state index in [1.807, 2.05) is 0 Å². The molecular formula is C24H31N3O6S. The minimum Gasteiger partial charge on any atom is -0.495 e. The average Bonchev–Trinajstić information content (AvgIpc) is 2.75. The average molecular weight is 490 g/mol. The van der Waals surface area contributed by atoms with Crippen molar-refractivity contribution in [2.75, 3.05) is 19.0 Å². The van der Waals surface area contributed by atoms with Crippen molar-refractivity contribution in [3.8, 4) is 5.75 Å². The first-order valence-corrected chi connectivity index (χ1v) is 12.2. The Morgan fingerprint density at radius 2 is 1.65 bits per heavy atom. The van der Waals surface area contributed by atoms with Crippen molar-refractivity contribution in [3.63, 3.8) is 0 Å². The molecule has 34 heavy (non-hydrogen) atoms. The van der Waals surface area contributed by atoms with Crippen molar-refractivity contribution in [2.24, 2.45) is 5.41 Å². The molecule has 184 valence electrons. The third-order valence-corrected chi connectivity index (χ3v) is 6.45. The number of nitrogens with one attached hydrogen (secondary N) is 3. The molecule has 0 bridgehead atoms. The van der Waals surface area contributed by atoms with Gasteiger partial charge < -0.3 is 15.4 Å². The highest BCUT2D eigenvalue weighted by Gasteiger charge is 2.24. The zero-order valence-corrected chi connectivity index (χ0v) is 21.0. The van der Waals surface area contributed by atoms with Gasteiger partial charge in [-0.15, -0.1) is 0 Å². The molecule has 0 aromatic heterocycles. The van der Waals surface area contributed by atoms with Crippen LogP contribution in [0.1, 0.15) is 55.3 Å². The molecule has 0 atom stereocenters. The van der Waals surface area contributed by atoms with Crippen molar-refractivity contribution >= 4 is 33.3 Å². The van der Waals surface area contributed by atoms with Crippen LogP contribution in [0.3, 0.4) is 0 Å². The number of hydrogen-bond donors (Lipinski definition) is 3. The van der Waals surface area contributed by atoms with Gasteiger partial charge >= 0.3 is 0 Å². The Labute approximate surface area is 200 Å². The summed E-state index contributed by atoms with van der Waals surface area (Å²) >= 11 is 0. The quantitative estimate of drug-likeness (QED) is 0.496. The number of hydrogen-bond acceptors (Lipinski definition) is 6. The van der Waals surface area contributed by atoms with Crippen molar-refractivity contribution in [1.29, 1.82) is 0 Å². The Hall–Kier alpha value is -3.24. The van der Waals surface area contributed by atoms with E-state index >= 15 is 0 Å². The maximum atomic E-state index is 12.9. The molecule has 0 fully saturated rings. The molecule has 0 aliphatic carbocycles. The molecular weight excluding hydrogens is 458 g/mol. The molecule has 2 aromatic carbocycles. The Kier molecular flexibility index (Phi) is 8.57. The van der Waals surface area contributed by atoms with Crippen LogP contribution in [0, 0.1) is 5.41 Å². The second kappa shape index (κ2) is 10.8. The molecule has 0 aliphatic heterocycles. The fraction of sp³-hybridized carbons (Fsp3) is 0.375. The lowest BCUT2D eigenvalue weighted by Crippen LogP contribution is -2.35. The fourth-order valence-electron chi connectivity index (χ4n) is 2.91. The van der Waals surface area contributed by atoms with Gasteiger partial charge in [-0.1, -0.05) is 32.9 Å². The van der Waals surface area contributed by atoms with E-state index in [0.29, 0.717) is 0 Å². The van der Waals surface area contributed by atoms with E-state index in [4.69, 9.17) is 4.74 Å². The molecule has 9 nitrogen and oxygen atoms in total. The number of benzene rings is 2. The summed E-state index contributed by atoms with van der Waals surface area (Å²) in [7, 11) is -2.60. The highest BCUT2D eigenvalue weighted by molar-refractivity contribution is 7.89. The number of ketones is 1. The van der Waals surface area contributed by atoms with Crippen LogP contribution in [-0.2, 0) is 14.8 Å². The van der Waals surface area contributed by atoms with E-state index in [-0.39, 0.29) is 45.8 Å². The summed E-state index contributed by atoms with van der Waals surface area (Å²) in [5.74, 6) is -1.18. The van der Waals surface area contributed by atoms with Crippen LogP contribution in [0.25, 0.3) is 0 Å². The minimum atomic E-state index is -3.93. The van der Waals surface area contributed by atoms with Crippen LogP contribution in [0.2, 0.25) is 0 Å². The van der Waals surface area contributed by atoms with Gasteiger partial charge in [0.05, 0.1) is 24.9 Å². The third-order valence-electron chi connectivity index (χ3n) is 4.77. The second-order valence-electron chi connectivity index (χ2n) is 9.00.